The molecule has 1 aliphatic carbocycles. The second kappa shape index (κ2) is 9.59. The van der Waals surface area contributed by atoms with Gasteiger partial charge in [0.15, 0.2) is 0 Å². The van der Waals surface area contributed by atoms with Crippen LogP contribution in [0.15, 0.2) is 66.7 Å². The fourth-order valence-electron chi connectivity index (χ4n) is 3.93. The Balaban J connectivity index is 1.52. The van der Waals surface area contributed by atoms with Gasteiger partial charge in [0.1, 0.15) is 5.75 Å². The van der Waals surface area contributed by atoms with Crippen LogP contribution >= 0.6 is 0 Å². The van der Waals surface area contributed by atoms with Crippen LogP contribution < -0.4 is 4.74 Å². The van der Waals surface area contributed by atoms with Gasteiger partial charge < -0.3 is 9.84 Å². The van der Waals surface area contributed by atoms with E-state index in [2.05, 4.69) is 42.5 Å². The van der Waals surface area contributed by atoms with Gasteiger partial charge in [0.25, 0.3) is 0 Å². The van der Waals surface area contributed by atoms with E-state index in [-0.39, 0.29) is 12.0 Å². The molecular formula is C24H30O2. The largest absolute Gasteiger partial charge is 0.494 e. The summed E-state index contributed by atoms with van der Waals surface area (Å²) in [6, 6.07) is 18.9. The zero-order valence-corrected chi connectivity index (χ0v) is 15.6. The predicted molar refractivity (Wildman–Crippen MR) is 108 cm³/mol. The fraction of sp³-hybridized carbons (Fsp3) is 0.417. The number of hydrogen-bond donors (Lipinski definition) is 1. The molecule has 2 nitrogen and oxygen atoms in total. The Morgan fingerprint density at radius 1 is 0.962 bits per heavy atom. The van der Waals surface area contributed by atoms with Crippen LogP contribution in [-0.4, -0.2) is 18.3 Å². The average molecular weight is 351 g/mol. The van der Waals surface area contributed by atoms with E-state index < -0.39 is 0 Å². The van der Waals surface area contributed by atoms with Gasteiger partial charge in [-0.15, -0.1) is 0 Å². The highest BCUT2D eigenvalue weighted by molar-refractivity contribution is 5.27. The minimum atomic E-state index is 0.192. The first-order valence-corrected chi connectivity index (χ1v) is 9.84. The van der Waals surface area contributed by atoms with Gasteiger partial charge in [0, 0.05) is 6.61 Å². The second-order valence-electron chi connectivity index (χ2n) is 7.39. The zero-order valence-electron chi connectivity index (χ0n) is 15.6. The summed E-state index contributed by atoms with van der Waals surface area (Å²) >= 11 is 0. The molecule has 0 spiro atoms. The lowest BCUT2D eigenvalue weighted by atomic mass is 9.71. The summed E-state index contributed by atoms with van der Waals surface area (Å²) in [5, 5.41) is 8.98. The maximum Gasteiger partial charge on any atom is 0.119 e. The molecule has 0 bridgehead atoms. The van der Waals surface area contributed by atoms with Crippen LogP contribution in [0.1, 0.15) is 43.2 Å². The first-order chi connectivity index (χ1) is 12.8. The number of aliphatic hydroxyl groups excluding tert-OH is 1. The molecule has 0 saturated carbocycles. The number of rotatable bonds is 9. The topological polar surface area (TPSA) is 29.5 Å². The van der Waals surface area contributed by atoms with E-state index in [9.17, 15) is 0 Å². The molecular weight excluding hydrogens is 320 g/mol. The fourth-order valence-corrected chi connectivity index (χ4v) is 3.93. The van der Waals surface area contributed by atoms with E-state index in [1.165, 1.54) is 31.2 Å². The summed E-state index contributed by atoms with van der Waals surface area (Å²) < 4.78 is 5.94. The Kier molecular flexibility index (Phi) is 6.90. The molecule has 2 heteroatoms. The van der Waals surface area contributed by atoms with Crippen molar-refractivity contribution in [2.45, 2.75) is 44.9 Å². The maximum atomic E-state index is 8.98. The standard InChI is InChI=1S/C24H30O2/c25-18-14-21-10-12-23(13-11-21)26-19-7-17-24(15-5-2-6-16-24)20-22-8-3-1-4-9-22/h1,3-5,8-13,15,25H,2,6-7,14,16-20H2. The molecule has 0 amide bonds. The summed E-state index contributed by atoms with van der Waals surface area (Å²) in [7, 11) is 0. The van der Waals surface area contributed by atoms with Crippen molar-refractivity contribution in [1.29, 1.82) is 0 Å². The highest BCUT2D eigenvalue weighted by Gasteiger charge is 2.28. The number of benzene rings is 2. The van der Waals surface area contributed by atoms with E-state index in [0.717, 1.165) is 30.8 Å². The maximum absolute atomic E-state index is 8.98. The Morgan fingerprint density at radius 2 is 1.77 bits per heavy atom. The summed E-state index contributed by atoms with van der Waals surface area (Å²) in [4.78, 5) is 0. The Hall–Kier alpha value is -2.06. The van der Waals surface area contributed by atoms with Crippen molar-refractivity contribution in [3.05, 3.63) is 77.9 Å². The van der Waals surface area contributed by atoms with Crippen LogP contribution in [0.5, 0.6) is 5.75 Å². The molecule has 0 radical (unpaired) electrons. The molecule has 1 unspecified atom stereocenters. The van der Waals surface area contributed by atoms with Crippen molar-refractivity contribution in [2.24, 2.45) is 5.41 Å². The molecule has 1 atom stereocenters. The lowest BCUT2D eigenvalue weighted by molar-refractivity contribution is 0.244. The molecule has 0 aliphatic heterocycles. The van der Waals surface area contributed by atoms with Crippen LogP contribution in [0, 0.1) is 5.41 Å². The van der Waals surface area contributed by atoms with Crippen LogP contribution in [0.25, 0.3) is 0 Å². The van der Waals surface area contributed by atoms with E-state index in [1.54, 1.807) is 0 Å². The third-order valence-corrected chi connectivity index (χ3v) is 5.33. The molecule has 26 heavy (non-hydrogen) atoms. The predicted octanol–water partition coefficient (Wildman–Crippen LogP) is 5.35. The zero-order chi connectivity index (χ0) is 18.1. The van der Waals surface area contributed by atoms with Gasteiger partial charge in [-0.25, -0.2) is 0 Å². The summed E-state index contributed by atoms with van der Waals surface area (Å²) in [6.07, 6.45) is 12.7. The smallest absolute Gasteiger partial charge is 0.119 e. The molecule has 1 N–H and O–H groups in total. The normalized spacial score (nSPS) is 19.4. The lowest BCUT2D eigenvalue weighted by Crippen LogP contribution is -2.24. The Labute approximate surface area is 157 Å². The van der Waals surface area contributed by atoms with Gasteiger partial charge in [0.05, 0.1) is 6.61 Å². The SMILES string of the molecule is OCCc1ccc(OCCCC2(Cc3ccccc3)C=CCCC2)cc1. The first kappa shape index (κ1) is 18.7. The molecule has 1 aliphatic rings. The second-order valence-corrected chi connectivity index (χ2v) is 7.39. The molecule has 0 saturated heterocycles. The third-order valence-electron chi connectivity index (χ3n) is 5.33. The number of hydrogen-bond acceptors (Lipinski definition) is 2. The van der Waals surface area contributed by atoms with Gasteiger partial charge in [-0.05, 0) is 73.6 Å². The number of ether oxygens (including phenoxy) is 1. The summed E-state index contributed by atoms with van der Waals surface area (Å²) in [6.45, 7) is 0.945. The molecule has 2 aromatic carbocycles. The minimum Gasteiger partial charge on any atom is -0.494 e. The van der Waals surface area contributed by atoms with E-state index in [4.69, 9.17) is 9.84 Å². The van der Waals surface area contributed by atoms with Crippen LogP contribution in [0.3, 0.4) is 0 Å². The van der Waals surface area contributed by atoms with Gasteiger partial charge in [-0.2, -0.15) is 0 Å². The van der Waals surface area contributed by atoms with E-state index >= 15 is 0 Å². The monoisotopic (exact) mass is 350 g/mol. The first-order valence-electron chi connectivity index (χ1n) is 9.84. The van der Waals surface area contributed by atoms with Crippen molar-refractivity contribution < 1.29 is 9.84 Å². The molecule has 2 aromatic rings. The third kappa shape index (κ3) is 5.47. The lowest BCUT2D eigenvalue weighted by Gasteiger charge is -2.34. The van der Waals surface area contributed by atoms with Gasteiger partial charge in [0.2, 0.25) is 0 Å². The van der Waals surface area contributed by atoms with Crippen molar-refractivity contribution in [2.75, 3.05) is 13.2 Å². The van der Waals surface area contributed by atoms with Gasteiger partial charge in [-0.3, -0.25) is 0 Å². The van der Waals surface area contributed by atoms with Crippen LogP contribution in [-0.2, 0) is 12.8 Å². The number of aliphatic hydroxyl groups is 1. The quantitative estimate of drug-likeness (QED) is 0.488. The van der Waals surface area contributed by atoms with Crippen molar-refractivity contribution in [1.82, 2.24) is 0 Å². The van der Waals surface area contributed by atoms with Gasteiger partial charge >= 0.3 is 0 Å². The summed E-state index contributed by atoms with van der Waals surface area (Å²) in [5.41, 5.74) is 2.86. The van der Waals surface area contributed by atoms with Crippen LogP contribution in [0.4, 0.5) is 0 Å². The Morgan fingerprint density at radius 3 is 2.46 bits per heavy atom. The molecule has 0 aromatic heterocycles. The molecule has 0 fully saturated rings. The summed E-state index contributed by atoms with van der Waals surface area (Å²) in [5.74, 6) is 0.919. The van der Waals surface area contributed by atoms with Crippen molar-refractivity contribution in [3.63, 3.8) is 0 Å². The van der Waals surface area contributed by atoms with Crippen molar-refractivity contribution in [3.8, 4) is 5.75 Å². The molecule has 138 valence electrons. The highest BCUT2D eigenvalue weighted by Crippen LogP contribution is 2.39. The van der Waals surface area contributed by atoms with E-state index in [1.807, 2.05) is 24.3 Å². The number of allylic oxidation sites excluding steroid dienone is 2. The highest BCUT2D eigenvalue weighted by atomic mass is 16.5. The van der Waals surface area contributed by atoms with Gasteiger partial charge in [-0.1, -0.05) is 54.6 Å². The van der Waals surface area contributed by atoms with Crippen LogP contribution in [0.2, 0.25) is 0 Å². The minimum absolute atomic E-state index is 0.192. The van der Waals surface area contributed by atoms with Crippen molar-refractivity contribution >= 4 is 0 Å². The average Bonchev–Trinajstić information content (AvgIpc) is 2.68. The Bertz CT molecular complexity index is 675. The van der Waals surface area contributed by atoms with E-state index in [0.29, 0.717) is 6.42 Å². The molecule has 0 heterocycles. The molecule has 3 rings (SSSR count).